The van der Waals surface area contributed by atoms with E-state index in [2.05, 4.69) is 10.1 Å². The van der Waals surface area contributed by atoms with Gasteiger partial charge in [0.2, 0.25) is 5.82 Å². The molecule has 1 aromatic heterocycles. The number of rotatable bonds is 3. The zero-order valence-electron chi connectivity index (χ0n) is 12.0. The molecule has 0 radical (unpaired) electrons. The molecule has 1 unspecified atom stereocenters. The Bertz CT molecular complexity index is 605. The van der Waals surface area contributed by atoms with E-state index >= 15 is 0 Å². The molecule has 5 nitrogen and oxygen atoms in total. The van der Waals surface area contributed by atoms with Gasteiger partial charge in [0, 0.05) is 7.11 Å². The predicted molar refractivity (Wildman–Crippen MR) is 73.3 cm³/mol. The zero-order chi connectivity index (χ0) is 14.9. The van der Waals surface area contributed by atoms with Crippen molar-refractivity contribution in [1.29, 1.82) is 0 Å². The van der Waals surface area contributed by atoms with Gasteiger partial charge in [0.15, 0.2) is 0 Å². The standard InChI is InChI=1S/C14H18FN3O2/c1-14(2,3)11(19-4)12-17-13(20-18-12)8-6-5-7-9(15)10(8)16/h5-7,11H,16H2,1-4H3. The quantitative estimate of drug-likeness (QED) is 0.873. The van der Waals surface area contributed by atoms with Crippen molar-refractivity contribution < 1.29 is 13.7 Å². The van der Waals surface area contributed by atoms with Crippen molar-refractivity contribution >= 4 is 5.69 Å². The Morgan fingerprint density at radius 3 is 2.65 bits per heavy atom. The molecule has 1 heterocycles. The molecule has 1 aromatic carbocycles. The Hall–Kier alpha value is -1.95. The van der Waals surface area contributed by atoms with Crippen LogP contribution in [0, 0.1) is 11.2 Å². The molecule has 108 valence electrons. The van der Waals surface area contributed by atoms with E-state index in [0.717, 1.165) is 0 Å². The number of nitrogen functional groups attached to an aromatic ring is 1. The second kappa shape index (κ2) is 5.20. The van der Waals surface area contributed by atoms with Gasteiger partial charge in [-0.25, -0.2) is 4.39 Å². The van der Waals surface area contributed by atoms with E-state index in [1.807, 2.05) is 20.8 Å². The van der Waals surface area contributed by atoms with E-state index in [0.29, 0.717) is 11.4 Å². The van der Waals surface area contributed by atoms with E-state index in [4.69, 9.17) is 15.0 Å². The lowest BCUT2D eigenvalue weighted by Crippen LogP contribution is -2.21. The van der Waals surface area contributed by atoms with Crippen LogP contribution in [0.1, 0.15) is 32.7 Å². The van der Waals surface area contributed by atoms with E-state index in [9.17, 15) is 4.39 Å². The normalized spacial score (nSPS) is 13.4. The summed E-state index contributed by atoms with van der Waals surface area (Å²) < 4.78 is 24.0. The van der Waals surface area contributed by atoms with Crippen molar-refractivity contribution in [3.8, 4) is 11.5 Å². The highest BCUT2D eigenvalue weighted by Gasteiger charge is 2.31. The van der Waals surface area contributed by atoms with Gasteiger partial charge in [-0.15, -0.1) is 0 Å². The van der Waals surface area contributed by atoms with Gasteiger partial charge in [0.05, 0.1) is 11.3 Å². The average molecular weight is 279 g/mol. The van der Waals surface area contributed by atoms with Crippen molar-refractivity contribution in [2.24, 2.45) is 5.41 Å². The van der Waals surface area contributed by atoms with Gasteiger partial charge in [-0.3, -0.25) is 0 Å². The molecule has 2 N–H and O–H groups in total. The molecule has 20 heavy (non-hydrogen) atoms. The summed E-state index contributed by atoms with van der Waals surface area (Å²) in [5.74, 6) is 0.0864. The zero-order valence-corrected chi connectivity index (χ0v) is 12.0. The van der Waals surface area contributed by atoms with Crippen LogP contribution in [0.25, 0.3) is 11.5 Å². The van der Waals surface area contributed by atoms with Crippen molar-refractivity contribution in [2.45, 2.75) is 26.9 Å². The number of hydrogen-bond donors (Lipinski definition) is 1. The number of para-hydroxylation sites is 1. The summed E-state index contributed by atoms with van der Waals surface area (Å²) in [5.41, 5.74) is 5.87. The summed E-state index contributed by atoms with van der Waals surface area (Å²) in [6.07, 6.45) is -0.324. The van der Waals surface area contributed by atoms with Crippen LogP contribution in [0.5, 0.6) is 0 Å². The number of halogens is 1. The lowest BCUT2D eigenvalue weighted by molar-refractivity contribution is 0.00718. The first-order valence-electron chi connectivity index (χ1n) is 6.25. The summed E-state index contributed by atoms with van der Waals surface area (Å²) in [6, 6.07) is 4.46. The molecule has 2 rings (SSSR count). The third kappa shape index (κ3) is 2.65. The Morgan fingerprint density at radius 2 is 2.05 bits per heavy atom. The number of benzene rings is 1. The molecule has 0 aliphatic carbocycles. The Morgan fingerprint density at radius 1 is 1.35 bits per heavy atom. The molecule has 0 amide bonds. The first-order valence-corrected chi connectivity index (χ1v) is 6.25. The first-order chi connectivity index (χ1) is 9.34. The van der Waals surface area contributed by atoms with Gasteiger partial charge in [-0.1, -0.05) is 32.0 Å². The molecule has 1 atom stereocenters. The van der Waals surface area contributed by atoms with Crippen LogP contribution in [0.4, 0.5) is 10.1 Å². The number of ether oxygens (including phenoxy) is 1. The Balaban J connectivity index is 2.41. The highest BCUT2D eigenvalue weighted by atomic mass is 19.1. The number of aromatic nitrogens is 2. The molecular weight excluding hydrogens is 261 g/mol. The topological polar surface area (TPSA) is 74.2 Å². The molecule has 0 saturated heterocycles. The summed E-state index contributed by atoms with van der Waals surface area (Å²) in [4.78, 5) is 4.27. The Labute approximate surface area is 116 Å². The predicted octanol–water partition coefficient (Wildman–Crippen LogP) is 3.19. The van der Waals surface area contributed by atoms with Crippen molar-refractivity contribution in [3.05, 3.63) is 29.8 Å². The van der Waals surface area contributed by atoms with E-state index in [1.165, 1.54) is 6.07 Å². The summed E-state index contributed by atoms with van der Waals surface area (Å²) in [6.45, 7) is 6.02. The van der Waals surface area contributed by atoms with Gasteiger partial charge >= 0.3 is 0 Å². The fourth-order valence-electron chi connectivity index (χ4n) is 2.02. The van der Waals surface area contributed by atoms with Gasteiger partial charge in [-0.2, -0.15) is 4.98 Å². The molecule has 2 aromatic rings. The summed E-state index contributed by atoms with van der Waals surface area (Å²) in [5, 5.41) is 3.91. The minimum absolute atomic E-state index is 0.00701. The second-order valence-corrected chi connectivity index (χ2v) is 5.64. The van der Waals surface area contributed by atoms with E-state index < -0.39 is 5.82 Å². The fraction of sp³-hybridized carbons (Fsp3) is 0.429. The van der Waals surface area contributed by atoms with E-state index in [1.54, 1.807) is 19.2 Å². The number of methoxy groups -OCH3 is 1. The highest BCUT2D eigenvalue weighted by Crippen LogP contribution is 2.35. The van der Waals surface area contributed by atoms with Crippen LogP contribution in [0.3, 0.4) is 0 Å². The molecule has 6 heteroatoms. The maximum Gasteiger partial charge on any atom is 0.260 e. The smallest absolute Gasteiger partial charge is 0.260 e. The number of hydrogen-bond acceptors (Lipinski definition) is 5. The minimum Gasteiger partial charge on any atom is -0.396 e. The average Bonchev–Trinajstić information content (AvgIpc) is 2.81. The number of nitrogens with two attached hydrogens (primary N) is 1. The fourth-order valence-corrected chi connectivity index (χ4v) is 2.02. The summed E-state index contributed by atoms with van der Waals surface area (Å²) >= 11 is 0. The van der Waals surface area contributed by atoms with Crippen molar-refractivity contribution in [1.82, 2.24) is 10.1 Å². The largest absolute Gasteiger partial charge is 0.396 e. The van der Waals surface area contributed by atoms with Crippen LogP contribution in [-0.2, 0) is 4.74 Å². The van der Waals surface area contributed by atoms with Crippen molar-refractivity contribution in [2.75, 3.05) is 12.8 Å². The molecule has 0 aliphatic heterocycles. The molecule has 0 fully saturated rings. The van der Waals surface area contributed by atoms with Crippen LogP contribution in [0.15, 0.2) is 22.7 Å². The minimum atomic E-state index is -0.513. The summed E-state index contributed by atoms with van der Waals surface area (Å²) in [7, 11) is 1.59. The molecular formula is C14H18FN3O2. The van der Waals surface area contributed by atoms with Gasteiger partial charge in [-0.05, 0) is 17.5 Å². The van der Waals surface area contributed by atoms with Gasteiger partial charge < -0.3 is 15.0 Å². The lowest BCUT2D eigenvalue weighted by Gasteiger charge is -2.26. The van der Waals surface area contributed by atoms with Crippen LogP contribution in [-0.4, -0.2) is 17.3 Å². The van der Waals surface area contributed by atoms with Crippen LogP contribution < -0.4 is 5.73 Å². The van der Waals surface area contributed by atoms with Crippen molar-refractivity contribution in [3.63, 3.8) is 0 Å². The van der Waals surface area contributed by atoms with Gasteiger partial charge in [0.1, 0.15) is 11.9 Å². The molecule has 0 aliphatic rings. The van der Waals surface area contributed by atoms with Crippen LogP contribution >= 0.6 is 0 Å². The van der Waals surface area contributed by atoms with Gasteiger partial charge in [0.25, 0.3) is 5.89 Å². The second-order valence-electron chi connectivity index (χ2n) is 5.64. The number of anilines is 1. The maximum absolute atomic E-state index is 13.4. The van der Waals surface area contributed by atoms with E-state index in [-0.39, 0.29) is 23.1 Å². The molecule has 0 spiro atoms. The monoisotopic (exact) mass is 279 g/mol. The Kier molecular flexibility index (Phi) is 3.76. The SMILES string of the molecule is COC(c1noc(-c2cccc(F)c2N)n1)C(C)(C)C. The molecule has 0 saturated carbocycles. The maximum atomic E-state index is 13.4. The lowest BCUT2D eigenvalue weighted by atomic mass is 9.88. The molecule has 0 bridgehead atoms. The van der Waals surface area contributed by atoms with Crippen LogP contribution in [0.2, 0.25) is 0 Å². The first kappa shape index (κ1) is 14.5. The number of nitrogens with zero attached hydrogens (tertiary/aromatic N) is 2. The third-order valence-corrected chi connectivity index (χ3v) is 2.98. The third-order valence-electron chi connectivity index (χ3n) is 2.98. The highest BCUT2D eigenvalue weighted by molar-refractivity contribution is 5.70.